The Morgan fingerprint density at radius 1 is 1.44 bits per heavy atom. The van der Waals surface area contributed by atoms with Gasteiger partial charge in [-0.1, -0.05) is 19.1 Å². The van der Waals surface area contributed by atoms with Crippen molar-refractivity contribution in [1.82, 2.24) is 5.32 Å². The summed E-state index contributed by atoms with van der Waals surface area (Å²) in [5.41, 5.74) is 3.69. The van der Waals surface area contributed by atoms with E-state index in [9.17, 15) is 4.79 Å². The van der Waals surface area contributed by atoms with Crippen LogP contribution in [0.5, 0.6) is 0 Å². The van der Waals surface area contributed by atoms with E-state index in [1.165, 1.54) is 17.5 Å². The first kappa shape index (κ1) is 13.1. The van der Waals surface area contributed by atoms with Crippen LogP contribution in [-0.4, -0.2) is 18.5 Å². The van der Waals surface area contributed by atoms with E-state index < -0.39 is 0 Å². The topological polar surface area (TPSA) is 41.1 Å². The number of nitrogens with one attached hydrogen (secondary N) is 2. The van der Waals surface area contributed by atoms with Crippen LogP contribution in [-0.2, 0) is 17.6 Å². The molecule has 2 rings (SSSR count). The fourth-order valence-electron chi connectivity index (χ4n) is 2.64. The van der Waals surface area contributed by atoms with Gasteiger partial charge in [-0.05, 0) is 49.4 Å². The van der Waals surface area contributed by atoms with E-state index in [1.807, 2.05) is 12.1 Å². The highest BCUT2D eigenvalue weighted by Crippen LogP contribution is 2.28. The smallest absolute Gasteiger partial charge is 0.221 e. The van der Waals surface area contributed by atoms with Gasteiger partial charge < -0.3 is 10.6 Å². The maximum absolute atomic E-state index is 11.2. The number of hydrogen-bond acceptors (Lipinski definition) is 2. The van der Waals surface area contributed by atoms with E-state index in [2.05, 4.69) is 23.6 Å². The lowest BCUT2D eigenvalue weighted by Gasteiger charge is -2.27. The van der Waals surface area contributed by atoms with E-state index in [-0.39, 0.29) is 5.91 Å². The number of anilines is 1. The predicted octanol–water partition coefficient (Wildman–Crippen LogP) is 2.50. The molecule has 1 atom stereocenters. The van der Waals surface area contributed by atoms with Gasteiger partial charge in [0.15, 0.2) is 0 Å². The summed E-state index contributed by atoms with van der Waals surface area (Å²) >= 11 is 0. The quantitative estimate of drug-likeness (QED) is 0.857. The standard InChI is InChI=1S/C15H22N2O/c1-3-9-16-13-7-8-14-12(10-13)5-4-6-15(14)17-11(2)18/h4-6,13,16H,3,7-10H2,1-2H3,(H,17,18). The summed E-state index contributed by atoms with van der Waals surface area (Å²) in [4.78, 5) is 11.2. The van der Waals surface area contributed by atoms with Crippen molar-refractivity contribution in [1.29, 1.82) is 0 Å². The fourth-order valence-corrected chi connectivity index (χ4v) is 2.64. The van der Waals surface area contributed by atoms with Gasteiger partial charge >= 0.3 is 0 Å². The van der Waals surface area contributed by atoms with Gasteiger partial charge in [0.2, 0.25) is 5.91 Å². The lowest BCUT2D eigenvalue weighted by molar-refractivity contribution is -0.114. The van der Waals surface area contributed by atoms with Gasteiger partial charge in [0.25, 0.3) is 0 Å². The molecular formula is C15H22N2O. The second-order valence-electron chi connectivity index (χ2n) is 5.02. The van der Waals surface area contributed by atoms with Gasteiger partial charge in [0, 0.05) is 18.7 Å². The number of hydrogen-bond donors (Lipinski definition) is 2. The third kappa shape index (κ3) is 3.10. The second-order valence-corrected chi connectivity index (χ2v) is 5.02. The molecule has 1 aliphatic carbocycles. The number of carbonyl (C=O) groups is 1. The molecule has 1 amide bonds. The molecule has 1 aromatic rings. The molecule has 0 saturated heterocycles. The van der Waals surface area contributed by atoms with Crippen LogP contribution in [0.15, 0.2) is 18.2 Å². The molecule has 0 aromatic heterocycles. The summed E-state index contributed by atoms with van der Waals surface area (Å²) < 4.78 is 0. The number of amides is 1. The van der Waals surface area contributed by atoms with Gasteiger partial charge in [-0.15, -0.1) is 0 Å². The van der Waals surface area contributed by atoms with Crippen LogP contribution in [0, 0.1) is 0 Å². The molecule has 2 N–H and O–H groups in total. The van der Waals surface area contributed by atoms with Gasteiger partial charge in [-0.2, -0.15) is 0 Å². The van der Waals surface area contributed by atoms with Gasteiger partial charge in [-0.3, -0.25) is 4.79 Å². The van der Waals surface area contributed by atoms with Crippen molar-refractivity contribution in [3.63, 3.8) is 0 Å². The maximum atomic E-state index is 11.2. The largest absolute Gasteiger partial charge is 0.326 e. The molecule has 3 nitrogen and oxygen atoms in total. The third-order valence-corrected chi connectivity index (χ3v) is 3.48. The third-order valence-electron chi connectivity index (χ3n) is 3.48. The highest BCUT2D eigenvalue weighted by atomic mass is 16.1. The number of benzene rings is 1. The molecule has 1 unspecified atom stereocenters. The summed E-state index contributed by atoms with van der Waals surface area (Å²) in [6, 6.07) is 6.80. The number of fused-ring (bicyclic) bond motifs is 1. The Hall–Kier alpha value is -1.35. The lowest BCUT2D eigenvalue weighted by atomic mass is 9.87. The SMILES string of the molecule is CCCNC1CCc2c(cccc2NC(C)=O)C1. The molecule has 98 valence electrons. The van der Waals surface area contributed by atoms with Crippen molar-refractivity contribution in [2.45, 2.75) is 45.6 Å². The average Bonchev–Trinajstić information content (AvgIpc) is 2.35. The molecule has 0 radical (unpaired) electrons. The first-order valence-corrected chi connectivity index (χ1v) is 6.82. The second kappa shape index (κ2) is 6.01. The molecule has 1 aliphatic rings. The Morgan fingerprint density at radius 2 is 2.28 bits per heavy atom. The average molecular weight is 246 g/mol. The highest BCUT2D eigenvalue weighted by molar-refractivity contribution is 5.89. The Kier molecular flexibility index (Phi) is 4.37. The van der Waals surface area contributed by atoms with Crippen molar-refractivity contribution in [2.75, 3.05) is 11.9 Å². The van der Waals surface area contributed by atoms with Crippen LogP contribution in [0.4, 0.5) is 5.69 Å². The Labute approximate surface area is 109 Å². The predicted molar refractivity (Wildman–Crippen MR) is 74.9 cm³/mol. The van der Waals surface area contributed by atoms with Crippen LogP contribution in [0.1, 0.15) is 37.8 Å². The molecule has 0 saturated carbocycles. The Balaban J connectivity index is 2.11. The van der Waals surface area contributed by atoms with Gasteiger partial charge in [-0.25, -0.2) is 0 Å². The summed E-state index contributed by atoms with van der Waals surface area (Å²) in [5.74, 6) is 0.00892. The zero-order valence-electron chi connectivity index (χ0n) is 11.3. The van der Waals surface area contributed by atoms with Crippen molar-refractivity contribution >= 4 is 11.6 Å². The zero-order valence-corrected chi connectivity index (χ0v) is 11.3. The molecular weight excluding hydrogens is 224 g/mol. The van der Waals surface area contributed by atoms with Gasteiger partial charge in [0.1, 0.15) is 0 Å². The molecule has 0 aliphatic heterocycles. The van der Waals surface area contributed by atoms with Crippen molar-refractivity contribution in [2.24, 2.45) is 0 Å². The summed E-state index contributed by atoms with van der Waals surface area (Å²) in [6.07, 6.45) is 4.45. The normalized spacial score (nSPS) is 18.2. The van der Waals surface area contributed by atoms with E-state index in [0.29, 0.717) is 6.04 Å². The minimum atomic E-state index is 0.00892. The lowest BCUT2D eigenvalue weighted by Crippen LogP contribution is -2.35. The maximum Gasteiger partial charge on any atom is 0.221 e. The molecule has 18 heavy (non-hydrogen) atoms. The van der Waals surface area contributed by atoms with E-state index in [0.717, 1.165) is 31.5 Å². The monoisotopic (exact) mass is 246 g/mol. The van der Waals surface area contributed by atoms with Crippen LogP contribution in [0.2, 0.25) is 0 Å². The van der Waals surface area contributed by atoms with Gasteiger partial charge in [0.05, 0.1) is 0 Å². The van der Waals surface area contributed by atoms with E-state index in [1.54, 1.807) is 6.92 Å². The zero-order chi connectivity index (χ0) is 13.0. The molecule has 0 heterocycles. The fraction of sp³-hybridized carbons (Fsp3) is 0.533. The first-order valence-electron chi connectivity index (χ1n) is 6.82. The van der Waals surface area contributed by atoms with Crippen molar-refractivity contribution < 1.29 is 4.79 Å². The first-order chi connectivity index (χ1) is 8.70. The summed E-state index contributed by atoms with van der Waals surface area (Å²) in [6.45, 7) is 4.85. The van der Waals surface area contributed by atoms with Crippen LogP contribution >= 0.6 is 0 Å². The molecule has 3 heteroatoms. The number of rotatable bonds is 4. The summed E-state index contributed by atoms with van der Waals surface area (Å²) in [5, 5.41) is 6.52. The van der Waals surface area contributed by atoms with Crippen LogP contribution in [0.25, 0.3) is 0 Å². The van der Waals surface area contributed by atoms with Crippen LogP contribution in [0.3, 0.4) is 0 Å². The Morgan fingerprint density at radius 3 is 3.00 bits per heavy atom. The van der Waals surface area contributed by atoms with E-state index in [4.69, 9.17) is 0 Å². The minimum Gasteiger partial charge on any atom is -0.326 e. The highest BCUT2D eigenvalue weighted by Gasteiger charge is 2.20. The molecule has 0 spiro atoms. The molecule has 0 bridgehead atoms. The van der Waals surface area contributed by atoms with E-state index >= 15 is 0 Å². The van der Waals surface area contributed by atoms with Crippen molar-refractivity contribution in [3.8, 4) is 0 Å². The van der Waals surface area contributed by atoms with Crippen LogP contribution < -0.4 is 10.6 Å². The van der Waals surface area contributed by atoms with Crippen molar-refractivity contribution in [3.05, 3.63) is 29.3 Å². The minimum absolute atomic E-state index is 0.00892. The Bertz CT molecular complexity index is 429. The molecule has 1 aromatic carbocycles. The summed E-state index contributed by atoms with van der Waals surface area (Å²) in [7, 11) is 0. The number of carbonyl (C=O) groups excluding carboxylic acids is 1. The molecule has 0 fully saturated rings.